The molecule has 0 fully saturated rings. The second-order valence-electron chi connectivity index (χ2n) is 5.19. The van der Waals surface area contributed by atoms with Gasteiger partial charge in [0.1, 0.15) is 17.9 Å². The van der Waals surface area contributed by atoms with Gasteiger partial charge in [-0.25, -0.2) is 22.0 Å². The summed E-state index contributed by atoms with van der Waals surface area (Å²) >= 11 is 0. The number of carbonyl (C=O) groups excluding carboxylic acids is 1. The Balaban J connectivity index is 2.39. The standard InChI is InChI=1S/C13H6F8N4O3/c1-3-11(25(27)28)12(13(19,20)21)23-24(3)2-4(26)22-10-8(17)6(15)5(14)7(16)9(10)18/h2H2,1H3,(H,22,26). The predicted molar refractivity (Wildman–Crippen MR) is 73.5 cm³/mol. The number of rotatable bonds is 4. The third kappa shape index (κ3) is 3.59. The van der Waals surface area contributed by atoms with E-state index in [2.05, 4.69) is 5.10 Å². The van der Waals surface area contributed by atoms with Gasteiger partial charge in [0, 0.05) is 0 Å². The molecule has 2 rings (SSSR count). The maximum absolute atomic E-state index is 13.5. The minimum atomic E-state index is -5.25. The first-order valence-electron chi connectivity index (χ1n) is 6.87. The summed E-state index contributed by atoms with van der Waals surface area (Å²) in [7, 11) is 0. The van der Waals surface area contributed by atoms with Gasteiger partial charge in [-0.1, -0.05) is 0 Å². The van der Waals surface area contributed by atoms with E-state index in [4.69, 9.17) is 0 Å². The van der Waals surface area contributed by atoms with Gasteiger partial charge >= 0.3 is 11.9 Å². The normalized spacial score (nSPS) is 11.6. The zero-order valence-electron chi connectivity index (χ0n) is 13.3. The van der Waals surface area contributed by atoms with E-state index in [1.807, 2.05) is 0 Å². The molecule has 0 aliphatic heterocycles. The molecule has 0 saturated heterocycles. The van der Waals surface area contributed by atoms with E-state index in [1.165, 1.54) is 5.32 Å². The van der Waals surface area contributed by atoms with Crippen LogP contribution in [0.1, 0.15) is 11.4 Å². The summed E-state index contributed by atoms with van der Waals surface area (Å²) < 4.78 is 105. The highest BCUT2D eigenvalue weighted by Crippen LogP contribution is 2.37. The molecule has 15 heteroatoms. The highest BCUT2D eigenvalue weighted by molar-refractivity contribution is 5.91. The van der Waals surface area contributed by atoms with Crippen molar-refractivity contribution < 1.29 is 44.8 Å². The molecule has 1 heterocycles. The van der Waals surface area contributed by atoms with E-state index in [0.29, 0.717) is 0 Å². The third-order valence-electron chi connectivity index (χ3n) is 3.39. The van der Waals surface area contributed by atoms with Crippen LogP contribution in [0.25, 0.3) is 0 Å². The van der Waals surface area contributed by atoms with Crippen LogP contribution in [0.4, 0.5) is 46.5 Å². The number of nitrogens with zero attached hydrogens (tertiary/aromatic N) is 3. The van der Waals surface area contributed by atoms with Crippen molar-refractivity contribution in [1.82, 2.24) is 9.78 Å². The van der Waals surface area contributed by atoms with Gasteiger partial charge in [0.2, 0.25) is 17.4 Å². The number of carbonyl (C=O) groups is 1. The molecule has 0 radical (unpaired) electrons. The molecule has 0 aliphatic rings. The Bertz CT molecular complexity index is 956. The average molecular weight is 418 g/mol. The van der Waals surface area contributed by atoms with Crippen molar-refractivity contribution in [3.8, 4) is 0 Å². The number of amides is 1. The van der Waals surface area contributed by atoms with E-state index < -0.39 is 75.4 Å². The number of hydrogen-bond acceptors (Lipinski definition) is 4. The topological polar surface area (TPSA) is 90.1 Å². The van der Waals surface area contributed by atoms with Gasteiger partial charge in [-0.2, -0.15) is 18.3 Å². The van der Waals surface area contributed by atoms with Crippen LogP contribution in [-0.2, 0) is 17.5 Å². The molecule has 0 bridgehead atoms. The van der Waals surface area contributed by atoms with Crippen molar-refractivity contribution in [2.24, 2.45) is 0 Å². The summed E-state index contributed by atoms with van der Waals surface area (Å²) in [4.78, 5) is 21.2. The molecule has 1 amide bonds. The minimum Gasteiger partial charge on any atom is -0.319 e. The van der Waals surface area contributed by atoms with Crippen LogP contribution >= 0.6 is 0 Å². The van der Waals surface area contributed by atoms with Crippen molar-refractivity contribution in [3.05, 3.63) is 50.6 Å². The second kappa shape index (κ2) is 7.05. The zero-order chi connectivity index (χ0) is 21.5. The molecule has 2 aromatic rings. The maximum atomic E-state index is 13.5. The first-order chi connectivity index (χ1) is 12.8. The van der Waals surface area contributed by atoms with Crippen molar-refractivity contribution >= 4 is 17.3 Å². The van der Waals surface area contributed by atoms with E-state index in [-0.39, 0.29) is 4.68 Å². The molecule has 1 aromatic heterocycles. The summed E-state index contributed by atoms with van der Waals surface area (Å²) in [5.74, 6) is -13.5. The predicted octanol–water partition coefficient (Wildman–Crippen LogP) is 3.45. The van der Waals surface area contributed by atoms with Crippen molar-refractivity contribution in [1.29, 1.82) is 0 Å². The summed E-state index contributed by atoms with van der Waals surface area (Å²) in [5.41, 5.74) is -5.86. The molecule has 0 aliphatic carbocycles. The van der Waals surface area contributed by atoms with Crippen molar-refractivity contribution in [2.45, 2.75) is 19.6 Å². The van der Waals surface area contributed by atoms with E-state index in [0.717, 1.165) is 6.92 Å². The molecule has 152 valence electrons. The molecular formula is C13H6F8N4O3. The van der Waals surface area contributed by atoms with Gasteiger partial charge in [-0.15, -0.1) is 0 Å². The number of alkyl halides is 3. The minimum absolute atomic E-state index is 0.197. The zero-order valence-corrected chi connectivity index (χ0v) is 13.3. The van der Waals surface area contributed by atoms with E-state index >= 15 is 0 Å². The lowest BCUT2D eigenvalue weighted by Gasteiger charge is -2.10. The SMILES string of the molecule is Cc1c([N+](=O)[O-])c(C(F)(F)F)nn1CC(=O)Nc1c(F)c(F)c(F)c(F)c1F. The number of benzene rings is 1. The fraction of sp³-hybridized carbons (Fsp3) is 0.231. The van der Waals surface area contributed by atoms with Gasteiger partial charge in [-0.05, 0) is 6.92 Å². The quantitative estimate of drug-likeness (QED) is 0.271. The van der Waals surface area contributed by atoms with Crippen LogP contribution < -0.4 is 5.32 Å². The van der Waals surface area contributed by atoms with Crippen LogP contribution in [0.15, 0.2) is 0 Å². The van der Waals surface area contributed by atoms with Crippen LogP contribution in [-0.4, -0.2) is 20.6 Å². The Hall–Kier alpha value is -3.26. The van der Waals surface area contributed by atoms with Gasteiger partial charge in [0.05, 0.1) is 4.92 Å². The fourth-order valence-corrected chi connectivity index (χ4v) is 2.13. The molecule has 1 N–H and O–H groups in total. The Kier molecular flexibility index (Phi) is 5.30. The highest BCUT2D eigenvalue weighted by atomic mass is 19.4. The number of nitro groups is 1. The van der Waals surface area contributed by atoms with Crippen LogP contribution in [0.3, 0.4) is 0 Å². The lowest BCUT2D eigenvalue weighted by Crippen LogP contribution is -2.23. The number of halogens is 8. The lowest BCUT2D eigenvalue weighted by molar-refractivity contribution is -0.388. The van der Waals surface area contributed by atoms with Crippen LogP contribution in [0, 0.1) is 46.1 Å². The molecule has 7 nitrogen and oxygen atoms in total. The van der Waals surface area contributed by atoms with Gasteiger partial charge < -0.3 is 5.32 Å². The number of hydrogen-bond donors (Lipinski definition) is 1. The van der Waals surface area contributed by atoms with Gasteiger partial charge in [-0.3, -0.25) is 19.6 Å². The number of aromatic nitrogens is 2. The smallest absolute Gasteiger partial charge is 0.319 e. The first kappa shape index (κ1) is 21.0. The number of nitrogens with one attached hydrogen (secondary N) is 1. The maximum Gasteiger partial charge on any atom is 0.442 e. The van der Waals surface area contributed by atoms with E-state index in [9.17, 15) is 50.0 Å². The summed E-state index contributed by atoms with van der Waals surface area (Å²) in [6, 6.07) is 0. The highest BCUT2D eigenvalue weighted by Gasteiger charge is 2.44. The van der Waals surface area contributed by atoms with Crippen LogP contribution in [0.5, 0.6) is 0 Å². The molecule has 0 atom stereocenters. The monoisotopic (exact) mass is 418 g/mol. The number of anilines is 1. The van der Waals surface area contributed by atoms with Gasteiger partial charge in [0.25, 0.3) is 0 Å². The Labute approximate surface area is 148 Å². The van der Waals surface area contributed by atoms with E-state index in [1.54, 1.807) is 0 Å². The molecule has 28 heavy (non-hydrogen) atoms. The Morgan fingerprint density at radius 2 is 1.54 bits per heavy atom. The summed E-state index contributed by atoms with van der Waals surface area (Å²) in [5, 5.41) is 15.0. The lowest BCUT2D eigenvalue weighted by atomic mass is 10.2. The average Bonchev–Trinajstić information content (AvgIpc) is 2.92. The Morgan fingerprint density at radius 3 is 1.93 bits per heavy atom. The molecule has 0 spiro atoms. The largest absolute Gasteiger partial charge is 0.442 e. The molecule has 0 saturated carbocycles. The van der Waals surface area contributed by atoms with Crippen molar-refractivity contribution in [3.63, 3.8) is 0 Å². The second-order valence-corrected chi connectivity index (χ2v) is 5.19. The third-order valence-corrected chi connectivity index (χ3v) is 3.39. The Morgan fingerprint density at radius 1 is 1.07 bits per heavy atom. The van der Waals surface area contributed by atoms with Gasteiger partial charge in [0.15, 0.2) is 23.3 Å². The van der Waals surface area contributed by atoms with Crippen LogP contribution in [0.2, 0.25) is 0 Å². The fourth-order valence-electron chi connectivity index (χ4n) is 2.13. The van der Waals surface area contributed by atoms with Crippen molar-refractivity contribution in [2.75, 3.05) is 5.32 Å². The molecule has 0 unspecified atom stereocenters. The molecule has 1 aromatic carbocycles. The first-order valence-corrected chi connectivity index (χ1v) is 6.87. The summed E-state index contributed by atoms with van der Waals surface area (Å²) in [6.07, 6.45) is -5.25. The summed E-state index contributed by atoms with van der Waals surface area (Å²) in [6.45, 7) is -0.436. The molecular weight excluding hydrogens is 412 g/mol.